The topological polar surface area (TPSA) is 115 Å². The third-order valence-corrected chi connectivity index (χ3v) is 3.11. The molecule has 0 aliphatic carbocycles. The molecular weight excluding hydrogens is 252 g/mol. The molecule has 0 bridgehead atoms. The number of guanidine groups is 1. The van der Waals surface area contributed by atoms with Crippen LogP contribution in [0.4, 0.5) is 5.13 Å². The van der Waals surface area contributed by atoms with Crippen LogP contribution in [-0.4, -0.2) is 28.4 Å². The van der Waals surface area contributed by atoms with Crippen molar-refractivity contribution in [1.82, 2.24) is 4.98 Å². The summed E-state index contributed by atoms with van der Waals surface area (Å²) in [6.45, 7) is -0.353. The van der Waals surface area contributed by atoms with Crippen molar-refractivity contribution in [1.29, 1.82) is 0 Å². The molecule has 0 aromatic carbocycles. The fourth-order valence-electron chi connectivity index (χ4n) is 1.46. The number of aromatic nitrogens is 1. The van der Waals surface area contributed by atoms with Crippen LogP contribution < -0.4 is 11.5 Å². The lowest BCUT2D eigenvalue weighted by atomic mass is 10.1. The summed E-state index contributed by atoms with van der Waals surface area (Å²) < 4.78 is 0. The summed E-state index contributed by atoms with van der Waals surface area (Å²) in [7, 11) is 0. The molecule has 6 nitrogen and oxygen atoms in total. The van der Waals surface area contributed by atoms with Crippen LogP contribution in [0.1, 0.15) is 31.4 Å². The van der Waals surface area contributed by atoms with E-state index in [1.165, 1.54) is 11.3 Å². The maximum atomic E-state index is 10.9. The molecule has 0 saturated heterocycles. The number of aliphatic hydroxyl groups is 1. The van der Waals surface area contributed by atoms with E-state index in [2.05, 4.69) is 9.98 Å². The number of rotatable bonds is 8. The fourth-order valence-corrected chi connectivity index (χ4v) is 2.20. The van der Waals surface area contributed by atoms with Crippen molar-refractivity contribution in [2.75, 3.05) is 6.61 Å². The van der Waals surface area contributed by atoms with Gasteiger partial charge in [-0.3, -0.25) is 4.79 Å². The Bertz CT molecular complexity index is 413. The first-order valence-corrected chi connectivity index (χ1v) is 6.66. The summed E-state index contributed by atoms with van der Waals surface area (Å²) in [6.07, 6.45) is 4.02. The molecule has 0 amide bonds. The molecule has 100 valence electrons. The molecule has 18 heavy (non-hydrogen) atoms. The number of nitrogens with two attached hydrogens (primary N) is 2. The van der Waals surface area contributed by atoms with Gasteiger partial charge in [0.25, 0.3) is 0 Å². The van der Waals surface area contributed by atoms with Crippen molar-refractivity contribution in [2.24, 2.45) is 16.5 Å². The van der Waals surface area contributed by atoms with Gasteiger partial charge in [-0.05, 0) is 19.3 Å². The number of thiazole rings is 1. The smallest absolute Gasteiger partial charge is 0.212 e. The third-order valence-electron chi connectivity index (χ3n) is 2.33. The molecule has 0 saturated carbocycles. The van der Waals surface area contributed by atoms with Gasteiger partial charge in [0.05, 0.1) is 5.69 Å². The normalized spacial score (nSPS) is 10.3. The van der Waals surface area contributed by atoms with Crippen LogP contribution in [0, 0.1) is 0 Å². The average molecular weight is 270 g/mol. The van der Waals surface area contributed by atoms with Gasteiger partial charge in [0.2, 0.25) is 5.13 Å². The number of aliphatic hydroxyl groups excluding tert-OH is 1. The van der Waals surface area contributed by atoms with E-state index in [1.54, 1.807) is 0 Å². The second-order valence-electron chi connectivity index (χ2n) is 3.92. The minimum Gasteiger partial charge on any atom is -0.389 e. The number of Topliss-reactive ketones (excluding diaryl/α,β-unsaturated/α-hetero) is 1. The molecule has 0 atom stereocenters. The van der Waals surface area contributed by atoms with Gasteiger partial charge >= 0.3 is 0 Å². The molecule has 0 radical (unpaired) electrons. The molecule has 1 aromatic heterocycles. The standard InChI is InChI=1S/C11H18N4O2S/c12-10(13)15-11-14-8(7-18-11)4-2-1-3-5-9(17)6-16/h7,16H,1-6H2,(H4,12,13,14,15). The maximum Gasteiger partial charge on any atom is 0.212 e. The van der Waals surface area contributed by atoms with E-state index in [4.69, 9.17) is 16.6 Å². The Morgan fingerprint density at radius 1 is 1.39 bits per heavy atom. The van der Waals surface area contributed by atoms with Gasteiger partial charge in [-0.25, -0.2) is 4.98 Å². The number of hydrogen-bond donors (Lipinski definition) is 3. The second-order valence-corrected chi connectivity index (χ2v) is 4.75. The minimum absolute atomic E-state index is 0.0124. The molecular formula is C11H18N4O2S. The van der Waals surface area contributed by atoms with E-state index in [1.807, 2.05) is 5.38 Å². The highest BCUT2D eigenvalue weighted by Crippen LogP contribution is 2.19. The Balaban J connectivity index is 2.21. The number of carbonyl (C=O) groups is 1. The lowest BCUT2D eigenvalue weighted by Crippen LogP contribution is -2.21. The zero-order valence-electron chi connectivity index (χ0n) is 10.1. The first kappa shape index (κ1) is 14.6. The number of aryl methyl sites for hydroxylation is 1. The van der Waals surface area contributed by atoms with Crippen molar-refractivity contribution >= 4 is 28.2 Å². The van der Waals surface area contributed by atoms with Crippen LogP contribution in [0.2, 0.25) is 0 Å². The van der Waals surface area contributed by atoms with E-state index < -0.39 is 0 Å². The fraction of sp³-hybridized carbons (Fsp3) is 0.545. The number of carbonyl (C=O) groups excluding carboxylic acids is 1. The zero-order valence-corrected chi connectivity index (χ0v) is 10.9. The van der Waals surface area contributed by atoms with E-state index in [9.17, 15) is 4.79 Å². The van der Waals surface area contributed by atoms with Gasteiger partial charge in [-0.2, -0.15) is 4.99 Å². The first-order valence-electron chi connectivity index (χ1n) is 5.78. The number of ketones is 1. The summed E-state index contributed by atoms with van der Waals surface area (Å²) in [6, 6.07) is 0. The molecule has 1 aromatic rings. The Morgan fingerprint density at radius 2 is 2.17 bits per heavy atom. The van der Waals surface area contributed by atoms with Crippen molar-refractivity contribution in [3.05, 3.63) is 11.1 Å². The minimum atomic E-state index is -0.353. The molecule has 5 N–H and O–H groups in total. The summed E-state index contributed by atoms with van der Waals surface area (Å²) in [5.74, 6) is -0.0860. The highest BCUT2D eigenvalue weighted by atomic mass is 32.1. The van der Waals surface area contributed by atoms with Gasteiger partial charge in [-0.15, -0.1) is 11.3 Å². The third kappa shape index (κ3) is 5.74. The molecule has 1 rings (SSSR count). The molecule has 0 aliphatic rings. The Kier molecular flexibility index (Phi) is 6.31. The highest BCUT2D eigenvalue weighted by Gasteiger charge is 2.02. The average Bonchev–Trinajstić information content (AvgIpc) is 2.75. The Labute approximate surface area is 110 Å². The van der Waals surface area contributed by atoms with E-state index in [0.717, 1.165) is 31.4 Å². The van der Waals surface area contributed by atoms with Gasteiger partial charge < -0.3 is 16.6 Å². The van der Waals surface area contributed by atoms with E-state index in [0.29, 0.717) is 11.6 Å². The lowest BCUT2D eigenvalue weighted by molar-refractivity contribution is -0.121. The second kappa shape index (κ2) is 7.78. The molecule has 0 fully saturated rings. The van der Waals surface area contributed by atoms with Gasteiger partial charge in [0.15, 0.2) is 11.7 Å². The monoisotopic (exact) mass is 270 g/mol. The largest absolute Gasteiger partial charge is 0.389 e. The van der Waals surface area contributed by atoms with Crippen molar-refractivity contribution in [3.8, 4) is 0 Å². The highest BCUT2D eigenvalue weighted by molar-refractivity contribution is 7.13. The van der Waals surface area contributed by atoms with Crippen LogP contribution in [0.25, 0.3) is 0 Å². The summed E-state index contributed by atoms with van der Waals surface area (Å²) in [5.41, 5.74) is 11.5. The zero-order chi connectivity index (χ0) is 13.4. The Hall–Kier alpha value is -1.47. The van der Waals surface area contributed by atoms with Crippen molar-refractivity contribution in [2.45, 2.75) is 32.1 Å². The number of nitrogens with zero attached hydrogens (tertiary/aromatic N) is 2. The molecule has 1 heterocycles. The van der Waals surface area contributed by atoms with Crippen LogP contribution in [0.15, 0.2) is 10.4 Å². The van der Waals surface area contributed by atoms with E-state index >= 15 is 0 Å². The van der Waals surface area contributed by atoms with Crippen LogP contribution in [-0.2, 0) is 11.2 Å². The number of unbranched alkanes of at least 4 members (excludes halogenated alkanes) is 2. The molecule has 7 heteroatoms. The summed E-state index contributed by atoms with van der Waals surface area (Å²) in [4.78, 5) is 19.0. The van der Waals surface area contributed by atoms with Gasteiger partial charge in [0, 0.05) is 11.8 Å². The van der Waals surface area contributed by atoms with Crippen LogP contribution in [0.5, 0.6) is 0 Å². The number of hydrogen-bond acceptors (Lipinski definition) is 5. The van der Waals surface area contributed by atoms with Crippen LogP contribution in [0.3, 0.4) is 0 Å². The van der Waals surface area contributed by atoms with Gasteiger partial charge in [0.1, 0.15) is 6.61 Å². The van der Waals surface area contributed by atoms with E-state index in [-0.39, 0.29) is 18.3 Å². The molecule has 0 unspecified atom stereocenters. The predicted molar refractivity (Wildman–Crippen MR) is 71.8 cm³/mol. The summed E-state index contributed by atoms with van der Waals surface area (Å²) in [5, 5.41) is 11.1. The number of aliphatic imine (C=N–C) groups is 1. The first-order chi connectivity index (χ1) is 8.61. The quantitative estimate of drug-likeness (QED) is 0.365. The van der Waals surface area contributed by atoms with Crippen LogP contribution >= 0.6 is 11.3 Å². The molecule has 0 aliphatic heterocycles. The SMILES string of the molecule is NC(N)=Nc1nc(CCCCCC(=O)CO)cs1. The van der Waals surface area contributed by atoms with Crippen molar-refractivity contribution in [3.63, 3.8) is 0 Å². The van der Waals surface area contributed by atoms with Gasteiger partial charge in [-0.1, -0.05) is 6.42 Å². The molecule has 0 spiro atoms. The maximum absolute atomic E-state index is 10.9. The lowest BCUT2D eigenvalue weighted by Gasteiger charge is -1.98. The van der Waals surface area contributed by atoms with Crippen molar-refractivity contribution < 1.29 is 9.90 Å². The summed E-state index contributed by atoms with van der Waals surface area (Å²) >= 11 is 1.40. The Morgan fingerprint density at radius 3 is 2.83 bits per heavy atom. The predicted octanol–water partition coefficient (Wildman–Crippen LogP) is 0.712.